The van der Waals surface area contributed by atoms with Crippen LogP contribution in [-0.4, -0.2) is 14.1 Å². The van der Waals surface area contributed by atoms with Gasteiger partial charge in [-0.2, -0.15) is 18.4 Å². The number of nitrogens with one attached hydrogen (secondary N) is 1. The molecule has 4 nitrogen and oxygen atoms in total. The molecule has 8 heteroatoms. The molecule has 0 saturated carbocycles. The van der Waals surface area contributed by atoms with Crippen molar-refractivity contribution in [3.63, 3.8) is 0 Å². The van der Waals surface area contributed by atoms with Gasteiger partial charge in [-0.1, -0.05) is 11.6 Å². The minimum Gasteiger partial charge on any atom is -0.200 e. The van der Waals surface area contributed by atoms with E-state index in [1.807, 2.05) is 12.1 Å². The molecule has 2 aromatic rings. The number of hydrazone groups is 1. The normalized spacial score (nSPS) is 12.4. The average molecular weight is 394 g/mol. The van der Waals surface area contributed by atoms with Crippen molar-refractivity contribution in [3.8, 4) is 0 Å². The maximum Gasteiger partial charge on any atom is 0.276 e. The van der Waals surface area contributed by atoms with E-state index in [2.05, 4.69) is 25.9 Å². The monoisotopic (exact) mass is 392 g/mol. The van der Waals surface area contributed by atoms with Crippen LogP contribution in [0.4, 0.5) is 0 Å². The SMILES string of the molecule is C/C(=N/NS(=O)(=O)c1ccc(Cl)cc1)c1ccc(Br)s1. The van der Waals surface area contributed by atoms with Gasteiger partial charge in [0.25, 0.3) is 10.0 Å². The molecule has 0 aliphatic carbocycles. The van der Waals surface area contributed by atoms with Gasteiger partial charge in [-0.25, -0.2) is 0 Å². The molecular weight excluding hydrogens is 384 g/mol. The summed E-state index contributed by atoms with van der Waals surface area (Å²) in [7, 11) is -3.68. The standard InChI is InChI=1S/C12H10BrClN2O2S2/c1-8(11-6-7-12(13)19-11)15-16-20(17,18)10-4-2-9(14)3-5-10/h2-7,16H,1H3/b15-8-. The number of nitrogens with zero attached hydrogens (tertiary/aromatic N) is 1. The van der Waals surface area contributed by atoms with E-state index in [-0.39, 0.29) is 4.90 Å². The number of rotatable bonds is 4. The predicted octanol–water partition coefficient (Wildman–Crippen LogP) is 3.87. The van der Waals surface area contributed by atoms with E-state index >= 15 is 0 Å². The highest BCUT2D eigenvalue weighted by atomic mass is 79.9. The molecule has 0 amide bonds. The third kappa shape index (κ3) is 3.82. The van der Waals surface area contributed by atoms with Crippen molar-refractivity contribution in [1.82, 2.24) is 4.83 Å². The quantitative estimate of drug-likeness (QED) is 0.633. The number of hydrogen-bond donors (Lipinski definition) is 1. The third-order valence-corrected chi connectivity index (χ3v) is 5.60. The minimum atomic E-state index is -3.68. The summed E-state index contributed by atoms with van der Waals surface area (Å²) in [4.78, 5) is 3.21. The van der Waals surface area contributed by atoms with Gasteiger partial charge < -0.3 is 0 Å². The second kappa shape index (κ2) is 6.26. The summed E-state index contributed by atoms with van der Waals surface area (Å²) < 4.78 is 25.0. The molecule has 20 heavy (non-hydrogen) atoms. The van der Waals surface area contributed by atoms with Gasteiger partial charge in [-0.05, 0) is 59.3 Å². The lowest BCUT2D eigenvalue weighted by atomic mass is 10.3. The van der Waals surface area contributed by atoms with Crippen LogP contribution in [0.3, 0.4) is 0 Å². The zero-order valence-electron chi connectivity index (χ0n) is 10.3. The number of sulfonamides is 1. The van der Waals surface area contributed by atoms with Crippen LogP contribution in [0.25, 0.3) is 0 Å². The summed E-state index contributed by atoms with van der Waals surface area (Å²) in [6.45, 7) is 1.74. The lowest BCUT2D eigenvalue weighted by molar-refractivity contribution is 0.584. The lowest BCUT2D eigenvalue weighted by Gasteiger charge is -2.04. The van der Waals surface area contributed by atoms with Gasteiger partial charge in [-0.15, -0.1) is 11.3 Å². The van der Waals surface area contributed by atoms with Crippen molar-refractivity contribution in [1.29, 1.82) is 0 Å². The Hall–Kier alpha value is -0.890. The first-order valence-corrected chi connectivity index (χ1v) is 8.93. The zero-order valence-corrected chi connectivity index (χ0v) is 14.3. The molecule has 1 heterocycles. The van der Waals surface area contributed by atoms with E-state index in [9.17, 15) is 8.42 Å². The fraction of sp³-hybridized carbons (Fsp3) is 0.0833. The van der Waals surface area contributed by atoms with Gasteiger partial charge >= 0.3 is 0 Å². The van der Waals surface area contributed by atoms with E-state index in [1.54, 1.807) is 6.92 Å². The first kappa shape index (κ1) is 15.5. The molecule has 0 aliphatic heterocycles. The second-order valence-electron chi connectivity index (χ2n) is 3.85. The summed E-state index contributed by atoms with van der Waals surface area (Å²) in [5, 5.41) is 4.39. The van der Waals surface area contributed by atoms with Gasteiger partial charge in [0.2, 0.25) is 0 Å². The van der Waals surface area contributed by atoms with Crippen molar-refractivity contribution in [2.24, 2.45) is 5.10 Å². The summed E-state index contributed by atoms with van der Waals surface area (Å²) in [6.07, 6.45) is 0. The van der Waals surface area contributed by atoms with Crippen molar-refractivity contribution in [2.75, 3.05) is 0 Å². The molecule has 0 saturated heterocycles. The molecule has 0 unspecified atom stereocenters. The van der Waals surface area contributed by atoms with Gasteiger partial charge in [0.1, 0.15) is 0 Å². The van der Waals surface area contributed by atoms with Crippen LogP contribution >= 0.6 is 38.9 Å². The molecule has 0 aliphatic rings. The van der Waals surface area contributed by atoms with Crippen LogP contribution in [0.2, 0.25) is 5.02 Å². The number of hydrogen-bond acceptors (Lipinski definition) is 4. The number of halogens is 2. The van der Waals surface area contributed by atoms with E-state index in [0.717, 1.165) is 8.66 Å². The molecule has 0 radical (unpaired) electrons. The second-order valence-corrected chi connectivity index (χ2v) is 8.41. The first-order valence-electron chi connectivity index (χ1n) is 5.46. The van der Waals surface area contributed by atoms with Crippen LogP contribution in [0.15, 0.2) is 50.2 Å². The van der Waals surface area contributed by atoms with Crippen LogP contribution < -0.4 is 4.83 Å². The molecule has 0 spiro atoms. The Morgan fingerprint density at radius 3 is 2.45 bits per heavy atom. The highest BCUT2D eigenvalue weighted by molar-refractivity contribution is 9.11. The predicted molar refractivity (Wildman–Crippen MR) is 86.0 cm³/mol. The first-order chi connectivity index (χ1) is 9.38. The van der Waals surface area contributed by atoms with E-state index in [4.69, 9.17) is 11.6 Å². The summed E-state index contributed by atoms with van der Waals surface area (Å²) in [5.41, 5.74) is 0.596. The Bertz CT molecular complexity index is 739. The fourth-order valence-electron chi connectivity index (χ4n) is 1.36. The highest BCUT2D eigenvalue weighted by Crippen LogP contribution is 2.22. The third-order valence-electron chi connectivity index (χ3n) is 2.39. The largest absolute Gasteiger partial charge is 0.276 e. The lowest BCUT2D eigenvalue weighted by Crippen LogP contribution is -2.19. The molecule has 1 aromatic heterocycles. The van der Waals surface area contributed by atoms with Gasteiger partial charge in [0.05, 0.1) is 19.3 Å². The maximum atomic E-state index is 12.0. The van der Waals surface area contributed by atoms with Crippen LogP contribution in [0.1, 0.15) is 11.8 Å². The zero-order chi connectivity index (χ0) is 14.8. The van der Waals surface area contributed by atoms with Crippen molar-refractivity contribution < 1.29 is 8.42 Å². The molecule has 1 N–H and O–H groups in total. The highest BCUT2D eigenvalue weighted by Gasteiger charge is 2.13. The molecule has 1 aromatic carbocycles. The maximum absolute atomic E-state index is 12.0. The molecule has 2 rings (SSSR count). The smallest absolute Gasteiger partial charge is 0.200 e. The minimum absolute atomic E-state index is 0.116. The van der Waals surface area contributed by atoms with Crippen LogP contribution in [-0.2, 0) is 10.0 Å². The van der Waals surface area contributed by atoms with E-state index in [1.165, 1.54) is 35.6 Å². The van der Waals surface area contributed by atoms with Gasteiger partial charge in [0.15, 0.2) is 0 Å². The summed E-state index contributed by atoms with van der Waals surface area (Å²) in [5.74, 6) is 0. The Labute approximate surface area is 134 Å². The average Bonchev–Trinajstić information content (AvgIpc) is 2.83. The molecule has 0 atom stereocenters. The van der Waals surface area contributed by atoms with Crippen LogP contribution in [0.5, 0.6) is 0 Å². The summed E-state index contributed by atoms with van der Waals surface area (Å²) in [6, 6.07) is 9.64. The Morgan fingerprint density at radius 2 is 1.90 bits per heavy atom. The number of thiophene rings is 1. The fourth-order valence-corrected chi connectivity index (χ4v) is 3.67. The molecular formula is C12H10BrClN2O2S2. The molecule has 0 bridgehead atoms. The Morgan fingerprint density at radius 1 is 1.25 bits per heavy atom. The number of benzene rings is 1. The molecule has 106 valence electrons. The topological polar surface area (TPSA) is 58.5 Å². The Kier molecular flexibility index (Phi) is 4.85. The van der Waals surface area contributed by atoms with E-state index < -0.39 is 10.0 Å². The van der Waals surface area contributed by atoms with E-state index in [0.29, 0.717) is 10.7 Å². The van der Waals surface area contributed by atoms with Gasteiger partial charge in [0, 0.05) is 5.02 Å². The van der Waals surface area contributed by atoms with Crippen molar-refractivity contribution in [3.05, 3.63) is 50.1 Å². The van der Waals surface area contributed by atoms with Crippen molar-refractivity contribution in [2.45, 2.75) is 11.8 Å². The van der Waals surface area contributed by atoms with Crippen LogP contribution in [0, 0.1) is 0 Å². The Balaban J connectivity index is 2.18. The van der Waals surface area contributed by atoms with Gasteiger partial charge in [-0.3, -0.25) is 0 Å². The molecule has 0 fully saturated rings. The van der Waals surface area contributed by atoms with Crippen molar-refractivity contribution >= 4 is 54.6 Å². The summed E-state index contributed by atoms with van der Waals surface area (Å²) >= 11 is 10.6.